The number of hydrogen-bond acceptors (Lipinski definition) is 6. The van der Waals surface area contributed by atoms with Gasteiger partial charge in [0.05, 0.1) is 23.1 Å². The summed E-state index contributed by atoms with van der Waals surface area (Å²) in [5.74, 6) is -0.143. The Morgan fingerprint density at radius 1 is 1.25 bits per heavy atom. The monoisotopic (exact) mass is 461 g/mol. The van der Waals surface area contributed by atoms with Crippen molar-refractivity contribution >= 4 is 26.8 Å². The van der Waals surface area contributed by atoms with Crippen molar-refractivity contribution in [1.29, 1.82) is 5.26 Å². The minimum Gasteiger partial charge on any atom is -0.506 e. The van der Waals surface area contributed by atoms with Gasteiger partial charge in [-0.05, 0) is 37.3 Å². The number of nitrogens with one attached hydrogen (secondary N) is 1. The molecular weight excluding hydrogens is 447 g/mol. The van der Waals surface area contributed by atoms with Gasteiger partial charge in [0.15, 0.2) is 0 Å². The molecule has 0 radical (unpaired) electrons. The quantitative estimate of drug-likeness (QED) is 0.601. The SMILES string of the molecule is C[C@H](NS(=O)(=O)c1ccc(-c2c(C#N)c3cc(O)cnc3n2C2=CC=C2)nc1)C(F)(F)F. The molecule has 0 aromatic carbocycles. The van der Waals surface area contributed by atoms with E-state index < -0.39 is 27.1 Å². The molecule has 4 rings (SSSR count). The van der Waals surface area contributed by atoms with Crippen LogP contribution >= 0.6 is 0 Å². The third-order valence-electron chi connectivity index (χ3n) is 4.81. The molecule has 0 saturated carbocycles. The molecule has 3 heterocycles. The second kappa shape index (κ2) is 7.47. The molecule has 0 unspecified atom stereocenters. The minimum absolute atomic E-state index is 0.143. The summed E-state index contributed by atoms with van der Waals surface area (Å²) >= 11 is 0. The molecular formula is C20H14F3N5O3S. The van der Waals surface area contributed by atoms with Gasteiger partial charge in [-0.2, -0.15) is 23.2 Å². The number of sulfonamides is 1. The summed E-state index contributed by atoms with van der Waals surface area (Å²) in [5, 5.41) is 19.9. The molecule has 0 spiro atoms. The highest BCUT2D eigenvalue weighted by Crippen LogP contribution is 2.37. The highest BCUT2D eigenvalue weighted by atomic mass is 32.2. The van der Waals surface area contributed by atoms with E-state index in [9.17, 15) is 32.0 Å². The number of aromatic nitrogens is 3. The predicted octanol–water partition coefficient (Wildman–Crippen LogP) is 3.32. The molecule has 1 aliphatic rings. The van der Waals surface area contributed by atoms with Crippen LogP contribution in [0.3, 0.4) is 0 Å². The second-order valence-electron chi connectivity index (χ2n) is 6.95. The molecule has 0 fully saturated rings. The van der Waals surface area contributed by atoms with E-state index in [1.54, 1.807) is 27.5 Å². The zero-order chi connectivity index (χ0) is 23.3. The molecule has 3 aromatic rings. The summed E-state index contributed by atoms with van der Waals surface area (Å²) in [4.78, 5) is 7.84. The average molecular weight is 461 g/mol. The fraction of sp³-hybridized carbons (Fsp3) is 0.150. The van der Waals surface area contributed by atoms with E-state index in [4.69, 9.17) is 0 Å². The van der Waals surface area contributed by atoms with E-state index in [1.165, 1.54) is 18.3 Å². The van der Waals surface area contributed by atoms with Crippen LogP contribution in [0.5, 0.6) is 5.75 Å². The topological polar surface area (TPSA) is 121 Å². The number of rotatable bonds is 5. The van der Waals surface area contributed by atoms with Crippen LogP contribution in [-0.4, -0.2) is 40.3 Å². The van der Waals surface area contributed by atoms with Crippen molar-refractivity contribution in [3.8, 4) is 23.2 Å². The van der Waals surface area contributed by atoms with Gasteiger partial charge >= 0.3 is 6.18 Å². The first-order valence-electron chi connectivity index (χ1n) is 9.10. The van der Waals surface area contributed by atoms with E-state index in [0.29, 0.717) is 29.3 Å². The molecule has 164 valence electrons. The van der Waals surface area contributed by atoms with Crippen LogP contribution in [-0.2, 0) is 10.0 Å². The second-order valence-corrected chi connectivity index (χ2v) is 8.66. The number of fused-ring (bicyclic) bond motifs is 1. The molecule has 3 aromatic heterocycles. The van der Waals surface area contributed by atoms with E-state index >= 15 is 0 Å². The zero-order valence-electron chi connectivity index (χ0n) is 16.3. The number of nitrogens with zero attached hydrogens (tertiary/aromatic N) is 4. The van der Waals surface area contributed by atoms with Gasteiger partial charge in [0, 0.05) is 17.3 Å². The molecule has 12 heteroatoms. The van der Waals surface area contributed by atoms with Crippen LogP contribution in [0.2, 0.25) is 0 Å². The first kappa shape index (κ1) is 21.5. The lowest BCUT2D eigenvalue weighted by molar-refractivity contribution is -0.147. The lowest BCUT2D eigenvalue weighted by Gasteiger charge is -2.17. The van der Waals surface area contributed by atoms with Crippen LogP contribution < -0.4 is 4.72 Å². The molecule has 0 aliphatic heterocycles. The van der Waals surface area contributed by atoms with Crippen molar-refractivity contribution in [3.05, 3.63) is 54.4 Å². The fourth-order valence-electron chi connectivity index (χ4n) is 3.14. The summed E-state index contributed by atoms with van der Waals surface area (Å²) in [6.45, 7) is 0.694. The summed E-state index contributed by atoms with van der Waals surface area (Å²) in [5.41, 5.74) is 1.71. The van der Waals surface area contributed by atoms with Gasteiger partial charge in [-0.3, -0.25) is 9.55 Å². The van der Waals surface area contributed by atoms with Crippen LogP contribution in [0.1, 0.15) is 12.5 Å². The number of allylic oxidation sites excluding steroid dienone is 4. The van der Waals surface area contributed by atoms with Crippen molar-refractivity contribution in [2.45, 2.75) is 24.0 Å². The van der Waals surface area contributed by atoms with Crippen molar-refractivity contribution in [2.75, 3.05) is 0 Å². The number of alkyl halides is 3. The molecule has 1 aliphatic carbocycles. The Labute approximate surface area is 180 Å². The van der Waals surface area contributed by atoms with Gasteiger partial charge < -0.3 is 5.11 Å². The molecule has 0 amide bonds. The highest BCUT2D eigenvalue weighted by molar-refractivity contribution is 7.89. The lowest BCUT2D eigenvalue weighted by atomic mass is 10.1. The molecule has 2 N–H and O–H groups in total. The van der Waals surface area contributed by atoms with Gasteiger partial charge in [0.2, 0.25) is 10.0 Å². The normalized spacial score (nSPS) is 14.7. The van der Waals surface area contributed by atoms with Gasteiger partial charge in [-0.15, -0.1) is 0 Å². The Kier molecular flexibility index (Phi) is 5.03. The number of pyridine rings is 2. The van der Waals surface area contributed by atoms with Crippen LogP contribution in [0, 0.1) is 11.3 Å². The fourth-order valence-corrected chi connectivity index (χ4v) is 4.31. The molecule has 32 heavy (non-hydrogen) atoms. The van der Waals surface area contributed by atoms with Crippen molar-refractivity contribution < 1.29 is 26.7 Å². The van der Waals surface area contributed by atoms with Gasteiger partial charge in [0.1, 0.15) is 28.4 Å². The molecule has 8 nitrogen and oxygen atoms in total. The van der Waals surface area contributed by atoms with Crippen molar-refractivity contribution in [1.82, 2.24) is 19.3 Å². The van der Waals surface area contributed by atoms with Gasteiger partial charge in [0.25, 0.3) is 0 Å². The summed E-state index contributed by atoms with van der Waals surface area (Å²) in [6, 6.07) is 3.55. The Bertz CT molecular complexity index is 1430. The molecule has 1 atom stereocenters. The Morgan fingerprint density at radius 3 is 2.50 bits per heavy atom. The molecule has 0 saturated heterocycles. The Morgan fingerprint density at radius 2 is 1.97 bits per heavy atom. The van der Waals surface area contributed by atoms with Crippen LogP contribution in [0.15, 0.2) is 53.7 Å². The number of aromatic hydroxyl groups is 1. The first-order valence-corrected chi connectivity index (χ1v) is 10.6. The van der Waals surface area contributed by atoms with E-state index in [2.05, 4.69) is 16.0 Å². The highest BCUT2D eigenvalue weighted by Gasteiger charge is 2.39. The third kappa shape index (κ3) is 3.61. The maximum absolute atomic E-state index is 12.7. The number of hydrogen-bond donors (Lipinski definition) is 2. The minimum atomic E-state index is -4.74. The Hall–Kier alpha value is -3.69. The first-order chi connectivity index (χ1) is 15.0. The maximum Gasteiger partial charge on any atom is 0.404 e. The number of nitriles is 1. The van der Waals surface area contributed by atoms with Gasteiger partial charge in [-0.25, -0.2) is 13.4 Å². The average Bonchev–Trinajstić information content (AvgIpc) is 2.99. The Balaban J connectivity index is 1.82. The van der Waals surface area contributed by atoms with Crippen LogP contribution in [0.4, 0.5) is 13.2 Å². The number of halogens is 3. The zero-order valence-corrected chi connectivity index (χ0v) is 17.1. The van der Waals surface area contributed by atoms with E-state index in [-0.39, 0.29) is 17.0 Å². The summed E-state index contributed by atoms with van der Waals surface area (Å²) in [7, 11) is -4.48. The van der Waals surface area contributed by atoms with E-state index in [1.807, 2.05) is 0 Å². The molecule has 0 bridgehead atoms. The largest absolute Gasteiger partial charge is 0.506 e. The van der Waals surface area contributed by atoms with Crippen molar-refractivity contribution in [3.63, 3.8) is 0 Å². The predicted molar refractivity (Wildman–Crippen MR) is 109 cm³/mol. The van der Waals surface area contributed by atoms with E-state index in [0.717, 1.165) is 12.3 Å². The lowest BCUT2D eigenvalue weighted by Crippen LogP contribution is -2.42. The summed E-state index contributed by atoms with van der Waals surface area (Å²) in [6.07, 6.45) is 2.70. The smallest absolute Gasteiger partial charge is 0.404 e. The standard InChI is InChI=1S/C20H14F3N5O3S/c1-11(20(21,22)23)27-32(30,31)14-5-6-17(25-10-14)18-16(8-24)15-7-13(29)9-26-19(15)28(18)12-3-2-4-12/h2-7,9-11,27,29H,1H3/t11-/m0/s1. The van der Waals surface area contributed by atoms with Crippen molar-refractivity contribution in [2.24, 2.45) is 0 Å². The van der Waals surface area contributed by atoms with Crippen LogP contribution in [0.25, 0.3) is 28.1 Å². The van der Waals surface area contributed by atoms with Gasteiger partial charge in [-0.1, -0.05) is 6.08 Å². The maximum atomic E-state index is 12.7. The third-order valence-corrected chi connectivity index (χ3v) is 6.34. The summed E-state index contributed by atoms with van der Waals surface area (Å²) < 4.78 is 66.0.